The van der Waals surface area contributed by atoms with Crippen LogP contribution in [-0.2, 0) is 0 Å². The number of nitrogens with zero attached hydrogens (tertiary/aromatic N) is 2. The molecule has 0 saturated carbocycles. The fourth-order valence-corrected chi connectivity index (χ4v) is 3.68. The minimum Gasteiger partial charge on any atom is -0.496 e. The Morgan fingerprint density at radius 2 is 2.27 bits per heavy atom. The Hall–Kier alpha value is -1.79. The van der Waals surface area contributed by atoms with Crippen LogP contribution < -0.4 is 9.47 Å². The lowest BCUT2D eigenvalue weighted by molar-refractivity contribution is 0.370. The lowest BCUT2D eigenvalue weighted by atomic mass is 10.2. The Bertz CT molecular complexity index is 838. The summed E-state index contributed by atoms with van der Waals surface area (Å²) in [5.41, 5.74) is 3.01. The van der Waals surface area contributed by atoms with Crippen molar-refractivity contribution < 1.29 is 9.47 Å². The second-order valence-corrected chi connectivity index (χ2v) is 6.50. The zero-order valence-corrected chi connectivity index (χ0v) is 14.7. The highest BCUT2D eigenvalue weighted by atomic mass is 79.9. The van der Waals surface area contributed by atoms with Crippen molar-refractivity contribution in [1.29, 1.82) is 0 Å². The number of aryl methyl sites for hydroxylation is 1. The molecule has 0 atom stereocenters. The Morgan fingerprint density at radius 1 is 1.45 bits per heavy atom. The van der Waals surface area contributed by atoms with Crippen LogP contribution in [0.15, 0.2) is 41.5 Å². The summed E-state index contributed by atoms with van der Waals surface area (Å²) in [6.45, 7) is 6.19. The summed E-state index contributed by atoms with van der Waals surface area (Å²) >= 11 is 5.04. The van der Waals surface area contributed by atoms with Crippen molar-refractivity contribution in [3.05, 3.63) is 47.2 Å². The summed E-state index contributed by atoms with van der Waals surface area (Å²) < 4.78 is 13.9. The molecule has 114 valence electrons. The van der Waals surface area contributed by atoms with Gasteiger partial charge in [-0.3, -0.25) is 4.40 Å². The lowest BCUT2D eigenvalue weighted by Gasteiger charge is -2.04. The first kappa shape index (κ1) is 15.1. The first-order valence-electron chi connectivity index (χ1n) is 6.70. The Kier molecular flexibility index (Phi) is 4.22. The summed E-state index contributed by atoms with van der Waals surface area (Å²) in [6.07, 6.45) is 3.76. The van der Waals surface area contributed by atoms with E-state index < -0.39 is 0 Å². The summed E-state index contributed by atoms with van der Waals surface area (Å²) in [5.74, 6) is 0.807. The van der Waals surface area contributed by atoms with Crippen molar-refractivity contribution in [3.63, 3.8) is 0 Å². The number of rotatable bonds is 5. The molecule has 3 rings (SSSR count). The molecule has 0 bridgehead atoms. The number of hydrogen-bond donors (Lipinski definition) is 0. The molecule has 6 heteroatoms. The molecule has 0 saturated heterocycles. The van der Waals surface area contributed by atoms with Crippen LogP contribution in [0.1, 0.15) is 5.69 Å². The highest BCUT2D eigenvalue weighted by Gasteiger charge is 2.14. The minimum atomic E-state index is 0.503. The Labute approximate surface area is 141 Å². The van der Waals surface area contributed by atoms with Crippen molar-refractivity contribution in [2.45, 2.75) is 6.92 Å². The van der Waals surface area contributed by atoms with E-state index in [0.29, 0.717) is 6.61 Å². The lowest BCUT2D eigenvalue weighted by Crippen LogP contribution is -1.93. The molecule has 1 aromatic carbocycles. The molecule has 0 amide bonds. The van der Waals surface area contributed by atoms with Crippen LogP contribution in [0.5, 0.6) is 10.8 Å². The third-order valence-corrected chi connectivity index (χ3v) is 4.98. The molecule has 0 aliphatic rings. The normalized spacial score (nSPS) is 10.9. The second-order valence-electron chi connectivity index (χ2n) is 4.70. The maximum absolute atomic E-state index is 5.64. The molecule has 0 fully saturated rings. The third kappa shape index (κ3) is 2.64. The molecule has 4 nitrogen and oxygen atoms in total. The molecule has 0 aliphatic heterocycles. The van der Waals surface area contributed by atoms with Gasteiger partial charge in [0.2, 0.25) is 0 Å². The van der Waals surface area contributed by atoms with Gasteiger partial charge >= 0.3 is 0 Å². The number of aromatic nitrogens is 2. The molecule has 0 unspecified atom stereocenters. The number of hydrogen-bond acceptors (Lipinski definition) is 4. The number of ether oxygens (including phenoxy) is 2. The molecule has 0 N–H and O–H groups in total. The fourth-order valence-electron chi connectivity index (χ4n) is 2.16. The molecule has 2 aromatic heterocycles. The van der Waals surface area contributed by atoms with Crippen LogP contribution in [0.25, 0.3) is 16.2 Å². The van der Waals surface area contributed by atoms with E-state index in [2.05, 4.69) is 31.9 Å². The summed E-state index contributed by atoms with van der Waals surface area (Å²) in [7, 11) is 1.65. The molecule has 3 aromatic rings. The number of methoxy groups -OCH3 is 1. The maximum atomic E-state index is 5.64. The van der Waals surface area contributed by atoms with E-state index in [1.807, 2.05) is 31.3 Å². The molecule has 0 radical (unpaired) electrons. The van der Waals surface area contributed by atoms with Gasteiger partial charge < -0.3 is 9.47 Å². The van der Waals surface area contributed by atoms with Gasteiger partial charge in [-0.25, -0.2) is 4.98 Å². The topological polar surface area (TPSA) is 35.8 Å². The van der Waals surface area contributed by atoms with Gasteiger partial charge in [0.15, 0.2) is 10.0 Å². The van der Waals surface area contributed by atoms with Crippen LogP contribution in [0, 0.1) is 6.92 Å². The smallest absolute Gasteiger partial charge is 0.197 e. The van der Waals surface area contributed by atoms with Gasteiger partial charge in [-0.15, -0.1) is 0 Å². The quantitative estimate of drug-likeness (QED) is 0.603. The first-order valence-corrected chi connectivity index (χ1v) is 8.31. The molecule has 0 aliphatic carbocycles. The minimum absolute atomic E-state index is 0.503. The van der Waals surface area contributed by atoms with Gasteiger partial charge in [-0.05, 0) is 41.1 Å². The summed E-state index contributed by atoms with van der Waals surface area (Å²) in [4.78, 5) is 5.60. The first-order chi connectivity index (χ1) is 10.6. The molecule has 2 heterocycles. The van der Waals surface area contributed by atoms with E-state index >= 15 is 0 Å². The number of imidazole rings is 1. The third-order valence-electron chi connectivity index (χ3n) is 3.29. The van der Waals surface area contributed by atoms with Crippen LogP contribution in [0.3, 0.4) is 0 Å². The molecular weight excluding hydrogens is 364 g/mol. The number of fused-ring (bicyclic) bond motifs is 1. The second kappa shape index (κ2) is 6.14. The zero-order chi connectivity index (χ0) is 15.7. The van der Waals surface area contributed by atoms with Gasteiger partial charge in [-0.1, -0.05) is 24.0 Å². The Balaban J connectivity index is 1.99. The van der Waals surface area contributed by atoms with Crippen molar-refractivity contribution >= 4 is 32.2 Å². The van der Waals surface area contributed by atoms with Crippen LogP contribution in [-0.4, -0.2) is 23.1 Å². The zero-order valence-electron chi connectivity index (χ0n) is 12.3. The van der Waals surface area contributed by atoms with Crippen molar-refractivity contribution in [1.82, 2.24) is 9.38 Å². The van der Waals surface area contributed by atoms with E-state index in [-0.39, 0.29) is 0 Å². The van der Waals surface area contributed by atoms with Gasteiger partial charge in [0.1, 0.15) is 12.4 Å². The summed E-state index contributed by atoms with van der Waals surface area (Å²) in [5, 5.41) is 0.880. The Morgan fingerprint density at radius 3 is 2.91 bits per heavy atom. The molecular formula is C16H15BrN2O2S. The van der Waals surface area contributed by atoms with Gasteiger partial charge in [0.25, 0.3) is 0 Å². The van der Waals surface area contributed by atoms with Gasteiger partial charge in [0, 0.05) is 11.8 Å². The van der Waals surface area contributed by atoms with Crippen molar-refractivity contribution in [2.75, 3.05) is 13.7 Å². The van der Waals surface area contributed by atoms with Gasteiger partial charge in [0.05, 0.1) is 23.0 Å². The van der Waals surface area contributed by atoms with E-state index in [9.17, 15) is 0 Å². The highest BCUT2D eigenvalue weighted by molar-refractivity contribution is 9.10. The molecule has 0 spiro atoms. The predicted molar refractivity (Wildman–Crippen MR) is 93.2 cm³/mol. The average Bonchev–Trinajstić information content (AvgIpc) is 3.05. The standard InChI is InChI=1S/C16H15BrN2O2S/c1-4-7-21-15-10(2)19-9-13(18-16(19)22-15)11-5-6-14(20-3)12(17)8-11/h4-6,8-9H,1,7H2,2-3H3. The SMILES string of the molecule is C=CCOc1sc2nc(-c3ccc(OC)c(Br)c3)cn2c1C. The van der Waals surface area contributed by atoms with Crippen LogP contribution in [0.2, 0.25) is 0 Å². The predicted octanol–water partition coefficient (Wildman–Crippen LogP) is 4.71. The van der Waals surface area contributed by atoms with E-state index in [0.717, 1.165) is 37.2 Å². The van der Waals surface area contributed by atoms with Crippen LogP contribution >= 0.6 is 27.3 Å². The van der Waals surface area contributed by atoms with Crippen LogP contribution in [0.4, 0.5) is 0 Å². The number of halogens is 1. The average molecular weight is 379 g/mol. The van der Waals surface area contributed by atoms with Crippen molar-refractivity contribution in [2.24, 2.45) is 0 Å². The van der Waals surface area contributed by atoms with E-state index in [1.165, 1.54) is 11.3 Å². The van der Waals surface area contributed by atoms with E-state index in [4.69, 9.17) is 9.47 Å². The maximum Gasteiger partial charge on any atom is 0.197 e. The van der Waals surface area contributed by atoms with Crippen molar-refractivity contribution in [3.8, 4) is 22.1 Å². The molecule has 22 heavy (non-hydrogen) atoms. The number of benzene rings is 1. The fraction of sp³-hybridized carbons (Fsp3) is 0.188. The monoisotopic (exact) mass is 378 g/mol. The van der Waals surface area contributed by atoms with E-state index in [1.54, 1.807) is 13.2 Å². The number of thiazole rings is 1. The largest absolute Gasteiger partial charge is 0.496 e. The highest BCUT2D eigenvalue weighted by Crippen LogP contribution is 2.34. The summed E-state index contributed by atoms with van der Waals surface area (Å²) in [6, 6.07) is 5.94. The van der Waals surface area contributed by atoms with Gasteiger partial charge in [-0.2, -0.15) is 0 Å².